The lowest BCUT2D eigenvalue weighted by Crippen LogP contribution is -2.03. The quantitative estimate of drug-likeness (QED) is 0.934. The molecular formula is C12H11Cl2N3O. The summed E-state index contributed by atoms with van der Waals surface area (Å²) in [5.74, 6) is 1.31. The van der Waals surface area contributed by atoms with Gasteiger partial charge >= 0.3 is 0 Å². The van der Waals surface area contributed by atoms with Crippen LogP contribution < -0.4 is 10.1 Å². The Balaban J connectivity index is 2.13. The standard InChI is InChI=1S/C12H11Cl2N3O/c1-18-11-4-9(13)3-2-8(11)5-16-12-10(14)6-15-7-17-12/h2-4,6-7H,5H2,1H3,(H,15,16,17). The van der Waals surface area contributed by atoms with Gasteiger partial charge in [0.1, 0.15) is 22.9 Å². The van der Waals surface area contributed by atoms with Crippen molar-refractivity contribution >= 4 is 29.0 Å². The van der Waals surface area contributed by atoms with E-state index in [4.69, 9.17) is 27.9 Å². The van der Waals surface area contributed by atoms with Crippen LogP contribution in [0.25, 0.3) is 0 Å². The zero-order chi connectivity index (χ0) is 13.0. The van der Waals surface area contributed by atoms with Gasteiger partial charge in [-0.1, -0.05) is 29.3 Å². The van der Waals surface area contributed by atoms with Crippen LogP contribution in [0.4, 0.5) is 5.82 Å². The maximum absolute atomic E-state index is 5.95. The average Bonchev–Trinajstić information content (AvgIpc) is 2.39. The number of halogens is 2. The van der Waals surface area contributed by atoms with Crippen LogP contribution in [0, 0.1) is 0 Å². The average molecular weight is 284 g/mol. The summed E-state index contributed by atoms with van der Waals surface area (Å²) in [6.45, 7) is 0.539. The molecule has 0 fully saturated rings. The van der Waals surface area contributed by atoms with E-state index in [9.17, 15) is 0 Å². The Labute approximate surface area is 115 Å². The predicted molar refractivity (Wildman–Crippen MR) is 72.4 cm³/mol. The molecule has 2 rings (SSSR count). The van der Waals surface area contributed by atoms with E-state index in [-0.39, 0.29) is 0 Å². The number of aromatic nitrogens is 2. The third-order valence-electron chi connectivity index (χ3n) is 2.36. The molecule has 0 amide bonds. The fourth-order valence-corrected chi connectivity index (χ4v) is 1.82. The van der Waals surface area contributed by atoms with E-state index in [1.165, 1.54) is 12.5 Å². The first-order valence-corrected chi connectivity index (χ1v) is 5.98. The van der Waals surface area contributed by atoms with Crippen molar-refractivity contribution in [2.75, 3.05) is 12.4 Å². The second kappa shape index (κ2) is 5.89. The molecule has 4 nitrogen and oxygen atoms in total. The van der Waals surface area contributed by atoms with Gasteiger partial charge in [-0.3, -0.25) is 0 Å². The second-order valence-corrected chi connectivity index (χ2v) is 4.37. The van der Waals surface area contributed by atoms with Crippen molar-refractivity contribution < 1.29 is 4.74 Å². The molecule has 0 aliphatic heterocycles. The van der Waals surface area contributed by atoms with E-state index < -0.39 is 0 Å². The Kier molecular flexibility index (Phi) is 4.23. The topological polar surface area (TPSA) is 47.0 Å². The van der Waals surface area contributed by atoms with Crippen LogP contribution in [-0.2, 0) is 6.54 Å². The Morgan fingerprint density at radius 2 is 2.17 bits per heavy atom. The maximum Gasteiger partial charge on any atom is 0.148 e. The maximum atomic E-state index is 5.95. The minimum atomic E-state index is 0.477. The molecule has 0 unspecified atom stereocenters. The van der Waals surface area contributed by atoms with Gasteiger partial charge in [0, 0.05) is 17.1 Å². The first-order chi connectivity index (χ1) is 8.70. The molecular weight excluding hydrogens is 273 g/mol. The molecule has 2 aromatic rings. The molecule has 94 valence electrons. The first kappa shape index (κ1) is 12.9. The van der Waals surface area contributed by atoms with E-state index in [1.54, 1.807) is 13.2 Å². The highest BCUT2D eigenvalue weighted by molar-refractivity contribution is 6.32. The highest BCUT2D eigenvalue weighted by Crippen LogP contribution is 2.24. The van der Waals surface area contributed by atoms with E-state index in [0.29, 0.717) is 22.4 Å². The fourth-order valence-electron chi connectivity index (χ4n) is 1.49. The molecule has 0 radical (unpaired) electrons. The summed E-state index contributed by atoms with van der Waals surface area (Å²) < 4.78 is 5.25. The smallest absolute Gasteiger partial charge is 0.148 e. The summed E-state index contributed by atoms with van der Waals surface area (Å²) in [5, 5.41) is 4.23. The summed E-state index contributed by atoms with van der Waals surface area (Å²) in [5.41, 5.74) is 0.969. The Bertz CT molecular complexity index is 549. The third kappa shape index (κ3) is 3.03. The SMILES string of the molecule is COc1cc(Cl)ccc1CNc1ncncc1Cl. The van der Waals surface area contributed by atoms with Crippen LogP contribution >= 0.6 is 23.2 Å². The highest BCUT2D eigenvalue weighted by atomic mass is 35.5. The largest absolute Gasteiger partial charge is 0.496 e. The van der Waals surface area contributed by atoms with Crippen molar-refractivity contribution in [3.63, 3.8) is 0 Å². The predicted octanol–water partition coefficient (Wildman–Crippen LogP) is 3.40. The van der Waals surface area contributed by atoms with Crippen LogP contribution in [0.2, 0.25) is 10.0 Å². The molecule has 0 aliphatic rings. The van der Waals surface area contributed by atoms with E-state index in [2.05, 4.69) is 15.3 Å². The molecule has 6 heteroatoms. The fraction of sp³-hybridized carbons (Fsp3) is 0.167. The van der Waals surface area contributed by atoms with E-state index >= 15 is 0 Å². The molecule has 1 N–H and O–H groups in total. The van der Waals surface area contributed by atoms with Crippen molar-refractivity contribution in [2.45, 2.75) is 6.54 Å². The lowest BCUT2D eigenvalue weighted by atomic mass is 10.2. The number of rotatable bonds is 4. The number of methoxy groups -OCH3 is 1. The van der Waals surface area contributed by atoms with Crippen molar-refractivity contribution in [1.82, 2.24) is 9.97 Å². The molecule has 1 aromatic heterocycles. The van der Waals surface area contributed by atoms with Gasteiger partial charge in [-0.05, 0) is 12.1 Å². The van der Waals surface area contributed by atoms with Gasteiger partial charge in [-0.15, -0.1) is 0 Å². The lowest BCUT2D eigenvalue weighted by Gasteiger charge is -2.10. The van der Waals surface area contributed by atoms with E-state index in [1.807, 2.05) is 12.1 Å². The third-order valence-corrected chi connectivity index (χ3v) is 2.87. The van der Waals surface area contributed by atoms with Gasteiger partial charge in [-0.25, -0.2) is 9.97 Å². The normalized spacial score (nSPS) is 10.2. The minimum absolute atomic E-state index is 0.477. The molecule has 0 saturated heterocycles. The number of nitrogens with one attached hydrogen (secondary N) is 1. The summed E-state index contributed by atoms with van der Waals surface area (Å²) in [4.78, 5) is 7.87. The number of anilines is 1. The number of nitrogens with zero attached hydrogens (tertiary/aromatic N) is 2. The molecule has 18 heavy (non-hydrogen) atoms. The van der Waals surface area contributed by atoms with Crippen LogP contribution in [0.1, 0.15) is 5.56 Å². The minimum Gasteiger partial charge on any atom is -0.496 e. The summed E-state index contributed by atoms with van der Waals surface area (Å²) >= 11 is 11.8. The van der Waals surface area contributed by atoms with Crippen LogP contribution in [0.3, 0.4) is 0 Å². The van der Waals surface area contributed by atoms with Crippen LogP contribution in [-0.4, -0.2) is 17.1 Å². The number of hydrogen-bond donors (Lipinski definition) is 1. The summed E-state index contributed by atoms with van der Waals surface area (Å²) in [7, 11) is 1.60. The Morgan fingerprint density at radius 3 is 2.89 bits per heavy atom. The molecule has 0 spiro atoms. The van der Waals surface area contributed by atoms with Gasteiger partial charge < -0.3 is 10.1 Å². The molecule has 0 saturated carbocycles. The number of ether oxygens (including phenoxy) is 1. The summed E-state index contributed by atoms with van der Waals surface area (Å²) in [6, 6.07) is 5.46. The van der Waals surface area contributed by atoms with Gasteiger partial charge in [0.05, 0.1) is 13.3 Å². The van der Waals surface area contributed by atoms with Gasteiger partial charge in [0.2, 0.25) is 0 Å². The van der Waals surface area contributed by atoms with Crippen molar-refractivity contribution in [3.8, 4) is 5.75 Å². The van der Waals surface area contributed by atoms with Crippen molar-refractivity contribution in [3.05, 3.63) is 46.3 Å². The lowest BCUT2D eigenvalue weighted by molar-refractivity contribution is 0.410. The van der Waals surface area contributed by atoms with Gasteiger partial charge in [-0.2, -0.15) is 0 Å². The molecule has 1 aromatic carbocycles. The first-order valence-electron chi connectivity index (χ1n) is 5.22. The molecule has 0 atom stereocenters. The van der Waals surface area contributed by atoms with Crippen molar-refractivity contribution in [2.24, 2.45) is 0 Å². The van der Waals surface area contributed by atoms with Crippen molar-refractivity contribution in [1.29, 1.82) is 0 Å². The monoisotopic (exact) mass is 283 g/mol. The Hall–Kier alpha value is -1.52. The van der Waals surface area contributed by atoms with Gasteiger partial charge in [0.15, 0.2) is 0 Å². The summed E-state index contributed by atoms with van der Waals surface area (Å²) in [6.07, 6.45) is 2.98. The number of hydrogen-bond acceptors (Lipinski definition) is 4. The number of benzene rings is 1. The second-order valence-electron chi connectivity index (χ2n) is 3.53. The van der Waals surface area contributed by atoms with Crippen LogP contribution in [0.15, 0.2) is 30.7 Å². The van der Waals surface area contributed by atoms with Crippen LogP contribution in [0.5, 0.6) is 5.75 Å². The Morgan fingerprint density at radius 1 is 1.33 bits per heavy atom. The van der Waals surface area contributed by atoms with E-state index in [0.717, 1.165) is 11.3 Å². The molecule has 0 bridgehead atoms. The highest BCUT2D eigenvalue weighted by Gasteiger charge is 2.05. The molecule has 0 aliphatic carbocycles. The molecule has 1 heterocycles. The zero-order valence-electron chi connectivity index (χ0n) is 9.65. The van der Waals surface area contributed by atoms with Gasteiger partial charge in [0.25, 0.3) is 0 Å². The zero-order valence-corrected chi connectivity index (χ0v) is 11.2.